The molecule has 1 aromatic heterocycles. The number of carbonyl (C=O) groups is 1. The van der Waals surface area contributed by atoms with Gasteiger partial charge in [0.1, 0.15) is 5.82 Å². The van der Waals surface area contributed by atoms with Crippen LogP contribution in [0.25, 0.3) is 10.9 Å². The molecule has 0 aliphatic carbocycles. The van der Waals surface area contributed by atoms with E-state index in [1.54, 1.807) is 12.1 Å². The van der Waals surface area contributed by atoms with Crippen LogP contribution in [0.4, 0.5) is 4.39 Å². The van der Waals surface area contributed by atoms with Gasteiger partial charge in [0, 0.05) is 36.6 Å². The zero-order valence-electron chi connectivity index (χ0n) is 15.7. The summed E-state index contributed by atoms with van der Waals surface area (Å²) in [5.41, 5.74) is 3.12. The molecule has 2 fully saturated rings. The Morgan fingerprint density at radius 1 is 1.14 bits per heavy atom. The third-order valence-electron chi connectivity index (χ3n) is 6.10. The quantitative estimate of drug-likeness (QED) is 0.743. The maximum atomic E-state index is 13.9. The van der Waals surface area contributed by atoms with Crippen molar-refractivity contribution in [3.05, 3.63) is 77.2 Å². The monoisotopic (exact) mass is 375 g/mol. The van der Waals surface area contributed by atoms with E-state index in [0.717, 1.165) is 24.3 Å². The van der Waals surface area contributed by atoms with Crippen molar-refractivity contribution in [2.45, 2.75) is 13.0 Å². The maximum absolute atomic E-state index is 13.9. The van der Waals surface area contributed by atoms with E-state index >= 15 is 0 Å². The number of amides is 1. The molecule has 0 bridgehead atoms. The van der Waals surface area contributed by atoms with E-state index < -0.39 is 0 Å². The molecule has 0 saturated carbocycles. The Morgan fingerprint density at radius 2 is 1.96 bits per heavy atom. The molecule has 3 atom stereocenters. The van der Waals surface area contributed by atoms with Gasteiger partial charge in [-0.15, -0.1) is 0 Å². The zero-order chi connectivity index (χ0) is 19.3. The highest BCUT2D eigenvalue weighted by Gasteiger charge is 2.47. The number of aryl methyl sites for hydroxylation is 1. The topological polar surface area (TPSA) is 45.2 Å². The summed E-state index contributed by atoms with van der Waals surface area (Å²) in [6, 6.07) is 16.5. The van der Waals surface area contributed by atoms with E-state index in [-0.39, 0.29) is 17.8 Å². The summed E-state index contributed by atoms with van der Waals surface area (Å²) >= 11 is 0. The van der Waals surface area contributed by atoms with E-state index in [4.69, 9.17) is 0 Å². The predicted molar refractivity (Wildman–Crippen MR) is 107 cm³/mol. The minimum atomic E-state index is -0.352. The molecule has 28 heavy (non-hydrogen) atoms. The number of likely N-dealkylation sites (tertiary alicyclic amines) is 1. The highest BCUT2D eigenvalue weighted by molar-refractivity contribution is 6.06. The first kappa shape index (κ1) is 17.3. The van der Waals surface area contributed by atoms with E-state index in [0.29, 0.717) is 34.8 Å². The Hall–Kier alpha value is -2.79. The number of carbonyl (C=O) groups excluding carboxylic acids is 1. The lowest BCUT2D eigenvalue weighted by Crippen LogP contribution is -2.35. The molecule has 0 radical (unpaired) electrons. The smallest absolute Gasteiger partial charge is 0.255 e. The van der Waals surface area contributed by atoms with E-state index in [1.807, 2.05) is 30.0 Å². The minimum Gasteiger partial charge on any atom is -0.331 e. The van der Waals surface area contributed by atoms with Crippen LogP contribution in [0.15, 0.2) is 54.6 Å². The molecule has 2 aliphatic heterocycles. The third kappa shape index (κ3) is 2.78. The molecular weight excluding hydrogens is 353 g/mol. The zero-order valence-corrected chi connectivity index (χ0v) is 15.7. The molecule has 2 saturated heterocycles. The van der Waals surface area contributed by atoms with Crippen LogP contribution < -0.4 is 5.32 Å². The third-order valence-corrected chi connectivity index (χ3v) is 6.10. The highest BCUT2D eigenvalue weighted by Crippen LogP contribution is 2.43. The molecule has 4 nitrogen and oxygen atoms in total. The van der Waals surface area contributed by atoms with Crippen molar-refractivity contribution in [3.63, 3.8) is 0 Å². The second kappa shape index (κ2) is 6.67. The summed E-state index contributed by atoms with van der Waals surface area (Å²) in [6.07, 6.45) is 0. The Labute approximate surface area is 163 Å². The summed E-state index contributed by atoms with van der Waals surface area (Å²) in [7, 11) is 0. The fourth-order valence-corrected chi connectivity index (χ4v) is 4.87. The van der Waals surface area contributed by atoms with Crippen LogP contribution in [-0.4, -0.2) is 35.4 Å². The minimum absolute atomic E-state index is 0.0331. The van der Waals surface area contributed by atoms with Crippen LogP contribution in [-0.2, 0) is 0 Å². The molecule has 3 heterocycles. The number of benzene rings is 2. The number of pyridine rings is 1. The van der Waals surface area contributed by atoms with Gasteiger partial charge in [0.05, 0.1) is 17.1 Å². The number of halogens is 1. The van der Waals surface area contributed by atoms with Crippen LogP contribution in [0.2, 0.25) is 0 Å². The molecular formula is C23H22FN3O. The van der Waals surface area contributed by atoms with Gasteiger partial charge in [0.25, 0.3) is 5.91 Å². The number of fused-ring (bicyclic) bond motifs is 2. The van der Waals surface area contributed by atoms with Crippen LogP contribution in [0.3, 0.4) is 0 Å². The largest absolute Gasteiger partial charge is 0.331 e. The first-order valence-electron chi connectivity index (χ1n) is 9.75. The summed E-state index contributed by atoms with van der Waals surface area (Å²) in [5, 5.41) is 4.05. The highest BCUT2D eigenvalue weighted by atomic mass is 19.1. The van der Waals surface area contributed by atoms with Gasteiger partial charge in [-0.3, -0.25) is 9.78 Å². The average Bonchev–Trinajstić information content (AvgIpc) is 3.29. The number of hydrogen-bond acceptors (Lipinski definition) is 3. The Balaban J connectivity index is 1.61. The Kier molecular flexibility index (Phi) is 4.13. The number of hydrogen-bond donors (Lipinski definition) is 1. The van der Waals surface area contributed by atoms with E-state index in [1.165, 1.54) is 12.1 Å². The van der Waals surface area contributed by atoms with Crippen molar-refractivity contribution in [1.29, 1.82) is 0 Å². The van der Waals surface area contributed by atoms with Gasteiger partial charge < -0.3 is 10.2 Å². The van der Waals surface area contributed by atoms with Crippen molar-refractivity contribution in [2.24, 2.45) is 11.8 Å². The van der Waals surface area contributed by atoms with Crippen molar-refractivity contribution in [1.82, 2.24) is 15.2 Å². The maximum Gasteiger partial charge on any atom is 0.255 e. The first-order valence-corrected chi connectivity index (χ1v) is 9.75. The fourth-order valence-electron chi connectivity index (χ4n) is 4.87. The van der Waals surface area contributed by atoms with Gasteiger partial charge in [-0.05, 0) is 42.7 Å². The molecule has 1 amide bonds. The average molecular weight is 375 g/mol. The van der Waals surface area contributed by atoms with Crippen molar-refractivity contribution in [2.75, 3.05) is 19.6 Å². The molecule has 0 spiro atoms. The lowest BCUT2D eigenvalue weighted by molar-refractivity contribution is 0.0716. The SMILES string of the molecule is Cc1cc(C(=O)N2C[C@@H]3CNC[C@@H]3[C@H]2c2ccccc2)c2cc(F)ccc2n1. The lowest BCUT2D eigenvalue weighted by atomic mass is 9.89. The predicted octanol–water partition coefficient (Wildman–Crippen LogP) is 3.72. The van der Waals surface area contributed by atoms with Gasteiger partial charge in [-0.2, -0.15) is 0 Å². The van der Waals surface area contributed by atoms with Gasteiger partial charge in [-0.1, -0.05) is 30.3 Å². The normalized spacial score (nSPS) is 23.9. The van der Waals surface area contributed by atoms with Gasteiger partial charge in [0.2, 0.25) is 0 Å². The van der Waals surface area contributed by atoms with Crippen LogP contribution in [0, 0.1) is 24.6 Å². The number of nitrogens with zero attached hydrogens (tertiary/aromatic N) is 2. The second-order valence-corrected chi connectivity index (χ2v) is 7.87. The summed E-state index contributed by atoms with van der Waals surface area (Å²) in [5.74, 6) is 0.455. The van der Waals surface area contributed by atoms with Crippen LogP contribution >= 0.6 is 0 Å². The van der Waals surface area contributed by atoms with Gasteiger partial charge in [0.15, 0.2) is 0 Å². The Morgan fingerprint density at radius 3 is 2.79 bits per heavy atom. The number of aromatic nitrogens is 1. The van der Waals surface area contributed by atoms with Crippen LogP contribution in [0.1, 0.15) is 27.7 Å². The number of nitrogens with one attached hydrogen (secondary N) is 1. The molecule has 5 heteroatoms. The van der Waals surface area contributed by atoms with Crippen LogP contribution in [0.5, 0.6) is 0 Å². The first-order chi connectivity index (χ1) is 13.6. The van der Waals surface area contributed by atoms with Gasteiger partial charge in [-0.25, -0.2) is 4.39 Å². The molecule has 0 unspecified atom stereocenters. The summed E-state index contributed by atoms with van der Waals surface area (Å²) in [4.78, 5) is 20.2. The van der Waals surface area contributed by atoms with E-state index in [9.17, 15) is 9.18 Å². The van der Waals surface area contributed by atoms with Crippen molar-refractivity contribution >= 4 is 16.8 Å². The summed E-state index contributed by atoms with van der Waals surface area (Å²) in [6.45, 7) is 4.44. The fraction of sp³-hybridized carbons (Fsp3) is 0.304. The van der Waals surface area contributed by atoms with E-state index in [2.05, 4.69) is 22.4 Å². The molecule has 142 valence electrons. The summed E-state index contributed by atoms with van der Waals surface area (Å²) < 4.78 is 13.9. The molecule has 2 aliphatic rings. The number of rotatable bonds is 2. The molecule has 3 aromatic rings. The molecule has 5 rings (SSSR count). The van der Waals surface area contributed by atoms with Crippen molar-refractivity contribution in [3.8, 4) is 0 Å². The lowest BCUT2D eigenvalue weighted by Gasteiger charge is -2.29. The standard InChI is InChI=1S/C23H22FN3O/c1-14-9-19(18-10-17(24)7-8-21(18)26-14)23(28)27-13-16-11-25-12-20(16)22(27)15-5-3-2-4-6-15/h2-10,16,20,22,25H,11-13H2,1H3/t16-,20-,22+/m0/s1. The Bertz CT molecular complexity index is 1050. The van der Waals surface area contributed by atoms with Crippen molar-refractivity contribution < 1.29 is 9.18 Å². The second-order valence-electron chi connectivity index (χ2n) is 7.87. The molecule has 2 aromatic carbocycles. The van der Waals surface area contributed by atoms with Gasteiger partial charge >= 0.3 is 0 Å². The molecule has 1 N–H and O–H groups in total.